The van der Waals surface area contributed by atoms with Gasteiger partial charge in [-0.25, -0.2) is 0 Å². The maximum atomic E-state index is 12.3. The van der Waals surface area contributed by atoms with Crippen LogP contribution < -0.4 is 4.90 Å². The van der Waals surface area contributed by atoms with Gasteiger partial charge in [0, 0.05) is 53.4 Å². The number of fused-ring (bicyclic) bond motifs is 5. The fourth-order valence-corrected chi connectivity index (χ4v) is 4.17. The number of anilines is 1. The second-order valence-corrected chi connectivity index (χ2v) is 7.06. The van der Waals surface area contributed by atoms with E-state index in [1.54, 1.807) is 0 Å². The Morgan fingerprint density at radius 1 is 1.29 bits per heavy atom. The molecule has 21 heavy (non-hydrogen) atoms. The van der Waals surface area contributed by atoms with Crippen molar-refractivity contribution in [3.63, 3.8) is 0 Å². The third-order valence-electron chi connectivity index (χ3n) is 4.92. The van der Waals surface area contributed by atoms with E-state index in [0.717, 1.165) is 35.9 Å². The SMILES string of the molecule is CN1C(=O)[C@@H]2CC[C@H]1CN(c1cc(Br)cc3[nH]ccc13)C2. The number of rotatable bonds is 1. The van der Waals surface area contributed by atoms with Crippen LogP contribution in [0.2, 0.25) is 0 Å². The van der Waals surface area contributed by atoms with Crippen LogP contribution in [0.5, 0.6) is 0 Å². The van der Waals surface area contributed by atoms with Gasteiger partial charge in [0.1, 0.15) is 0 Å². The molecule has 0 unspecified atom stereocenters. The van der Waals surface area contributed by atoms with E-state index in [4.69, 9.17) is 0 Å². The van der Waals surface area contributed by atoms with E-state index < -0.39 is 0 Å². The molecular weight excluding hydrogens is 330 g/mol. The van der Waals surface area contributed by atoms with Gasteiger partial charge >= 0.3 is 0 Å². The largest absolute Gasteiger partial charge is 0.368 e. The first-order chi connectivity index (χ1) is 10.1. The number of aromatic amines is 1. The third kappa shape index (κ3) is 2.06. The number of carbonyl (C=O) groups is 1. The highest BCUT2D eigenvalue weighted by Crippen LogP contribution is 2.35. The van der Waals surface area contributed by atoms with Crippen molar-refractivity contribution in [1.82, 2.24) is 9.88 Å². The first kappa shape index (κ1) is 13.2. The zero-order valence-electron chi connectivity index (χ0n) is 12.0. The first-order valence-electron chi connectivity index (χ1n) is 7.42. The maximum absolute atomic E-state index is 12.3. The zero-order chi connectivity index (χ0) is 14.6. The minimum atomic E-state index is 0.140. The van der Waals surface area contributed by atoms with E-state index in [1.807, 2.05) is 18.1 Å². The zero-order valence-corrected chi connectivity index (χ0v) is 13.6. The molecule has 110 valence electrons. The van der Waals surface area contributed by atoms with Gasteiger partial charge < -0.3 is 14.8 Å². The molecule has 5 heteroatoms. The molecule has 1 aromatic heterocycles. The lowest BCUT2D eigenvalue weighted by Gasteiger charge is -2.32. The van der Waals surface area contributed by atoms with Gasteiger partial charge in [-0.2, -0.15) is 0 Å². The molecule has 2 bridgehead atoms. The van der Waals surface area contributed by atoms with E-state index in [2.05, 4.69) is 44.0 Å². The predicted octanol–water partition coefficient (Wildman–Crippen LogP) is 2.99. The molecule has 4 heterocycles. The van der Waals surface area contributed by atoms with Crippen LogP contribution in [-0.4, -0.2) is 42.0 Å². The Balaban J connectivity index is 1.79. The van der Waals surface area contributed by atoms with Crippen LogP contribution in [0.4, 0.5) is 5.69 Å². The number of hydrogen-bond donors (Lipinski definition) is 1. The van der Waals surface area contributed by atoms with E-state index in [1.165, 1.54) is 11.1 Å². The number of hydrogen-bond acceptors (Lipinski definition) is 2. The van der Waals surface area contributed by atoms with Crippen LogP contribution in [-0.2, 0) is 4.79 Å². The van der Waals surface area contributed by atoms with Crippen LogP contribution in [0, 0.1) is 5.92 Å². The molecule has 2 aromatic rings. The summed E-state index contributed by atoms with van der Waals surface area (Å²) in [5.41, 5.74) is 2.36. The summed E-state index contributed by atoms with van der Waals surface area (Å²) in [7, 11) is 1.95. The third-order valence-corrected chi connectivity index (χ3v) is 5.38. The summed E-state index contributed by atoms with van der Waals surface area (Å²) in [4.78, 5) is 20.0. The molecular formula is C16H18BrN3O. The van der Waals surface area contributed by atoms with Crippen LogP contribution in [0.25, 0.3) is 10.9 Å². The quantitative estimate of drug-likeness (QED) is 0.861. The molecule has 1 amide bonds. The standard InChI is InChI=1S/C16H18BrN3O/c1-19-12-3-2-10(16(19)21)8-20(9-12)15-7-11(17)6-14-13(15)4-5-18-14/h4-7,10,12,18H,2-3,8-9H2,1H3/t10-,12+/m1/s1. The number of likely N-dealkylation sites (N-methyl/N-ethyl adjacent to an activating group) is 1. The summed E-state index contributed by atoms with van der Waals surface area (Å²) in [5, 5.41) is 1.23. The van der Waals surface area contributed by atoms with Crippen LogP contribution in [0.3, 0.4) is 0 Å². The first-order valence-corrected chi connectivity index (χ1v) is 8.21. The molecule has 2 atom stereocenters. The summed E-state index contributed by atoms with van der Waals surface area (Å²) in [6, 6.07) is 6.73. The van der Waals surface area contributed by atoms with Crippen LogP contribution in [0.1, 0.15) is 12.8 Å². The summed E-state index contributed by atoms with van der Waals surface area (Å²) in [5.74, 6) is 0.454. The number of carbonyl (C=O) groups excluding carboxylic acids is 1. The minimum Gasteiger partial charge on any atom is -0.368 e. The van der Waals surface area contributed by atoms with Crippen molar-refractivity contribution in [2.75, 3.05) is 25.0 Å². The van der Waals surface area contributed by atoms with Crippen molar-refractivity contribution in [2.24, 2.45) is 5.92 Å². The molecule has 0 saturated carbocycles. The van der Waals surface area contributed by atoms with Gasteiger partial charge in [-0.1, -0.05) is 15.9 Å². The molecule has 5 rings (SSSR count). The summed E-state index contributed by atoms with van der Waals surface area (Å²) in [6.07, 6.45) is 4.12. The van der Waals surface area contributed by atoms with Gasteiger partial charge in [0.25, 0.3) is 0 Å². The fourth-order valence-electron chi connectivity index (χ4n) is 3.73. The average Bonchev–Trinajstić information content (AvgIpc) is 2.76. The lowest BCUT2D eigenvalue weighted by Crippen LogP contribution is -2.45. The predicted molar refractivity (Wildman–Crippen MR) is 87.5 cm³/mol. The number of H-pyrrole nitrogens is 1. The smallest absolute Gasteiger partial charge is 0.227 e. The Morgan fingerprint density at radius 2 is 2.14 bits per heavy atom. The fraction of sp³-hybridized carbons (Fsp3) is 0.438. The molecule has 3 fully saturated rings. The number of nitrogens with zero attached hydrogens (tertiary/aromatic N) is 2. The van der Waals surface area contributed by atoms with Crippen molar-refractivity contribution in [2.45, 2.75) is 18.9 Å². The average molecular weight is 348 g/mol. The molecule has 0 aliphatic carbocycles. The Kier molecular flexibility index (Phi) is 2.99. The molecule has 0 spiro atoms. The Morgan fingerprint density at radius 3 is 3.00 bits per heavy atom. The van der Waals surface area contributed by atoms with Crippen molar-refractivity contribution in [3.8, 4) is 0 Å². The second kappa shape index (κ2) is 4.77. The van der Waals surface area contributed by atoms with Gasteiger partial charge in [-0.05, 0) is 31.0 Å². The van der Waals surface area contributed by atoms with Gasteiger partial charge in [0.05, 0.1) is 5.92 Å². The molecule has 1 N–H and O–H groups in total. The molecule has 3 aliphatic rings. The lowest BCUT2D eigenvalue weighted by molar-refractivity contribution is -0.138. The van der Waals surface area contributed by atoms with Gasteiger partial charge in [0.15, 0.2) is 0 Å². The topological polar surface area (TPSA) is 39.3 Å². The van der Waals surface area contributed by atoms with E-state index in [0.29, 0.717) is 11.9 Å². The highest BCUT2D eigenvalue weighted by Gasteiger charge is 2.39. The molecule has 3 aliphatic heterocycles. The van der Waals surface area contributed by atoms with Crippen LogP contribution in [0.15, 0.2) is 28.9 Å². The van der Waals surface area contributed by atoms with Gasteiger partial charge in [-0.3, -0.25) is 4.79 Å². The molecule has 1 aromatic carbocycles. The monoisotopic (exact) mass is 347 g/mol. The van der Waals surface area contributed by atoms with Crippen molar-refractivity contribution in [3.05, 3.63) is 28.9 Å². The van der Waals surface area contributed by atoms with Crippen molar-refractivity contribution >= 4 is 38.4 Å². The number of halogens is 1. The highest BCUT2D eigenvalue weighted by molar-refractivity contribution is 9.10. The number of aromatic nitrogens is 1. The lowest BCUT2D eigenvalue weighted by atomic mass is 9.95. The van der Waals surface area contributed by atoms with Gasteiger partial charge in [-0.15, -0.1) is 0 Å². The normalized spacial score (nSPS) is 25.7. The Labute approximate surface area is 132 Å². The van der Waals surface area contributed by atoms with Crippen molar-refractivity contribution in [1.29, 1.82) is 0 Å². The highest BCUT2D eigenvalue weighted by atomic mass is 79.9. The number of piperidine rings is 1. The summed E-state index contributed by atoms with van der Waals surface area (Å²) >= 11 is 3.60. The van der Waals surface area contributed by atoms with E-state index >= 15 is 0 Å². The van der Waals surface area contributed by atoms with E-state index in [-0.39, 0.29) is 5.92 Å². The van der Waals surface area contributed by atoms with Gasteiger partial charge in [0.2, 0.25) is 5.91 Å². The maximum Gasteiger partial charge on any atom is 0.227 e. The summed E-state index contributed by atoms with van der Waals surface area (Å²) in [6.45, 7) is 1.76. The molecule has 4 nitrogen and oxygen atoms in total. The minimum absolute atomic E-state index is 0.140. The van der Waals surface area contributed by atoms with Crippen LogP contribution >= 0.6 is 15.9 Å². The number of benzene rings is 1. The Hall–Kier alpha value is -1.49. The number of nitrogens with one attached hydrogen (secondary N) is 1. The Bertz CT molecular complexity index is 711. The second-order valence-electron chi connectivity index (χ2n) is 6.15. The van der Waals surface area contributed by atoms with E-state index in [9.17, 15) is 4.79 Å². The molecule has 3 saturated heterocycles. The number of amides is 1. The van der Waals surface area contributed by atoms with Crippen molar-refractivity contribution < 1.29 is 4.79 Å². The molecule has 0 radical (unpaired) electrons. The summed E-state index contributed by atoms with van der Waals surface area (Å²) < 4.78 is 1.07.